The van der Waals surface area contributed by atoms with Gasteiger partial charge in [-0.15, -0.1) is 0 Å². The average Bonchev–Trinajstić information content (AvgIpc) is 3.40. The van der Waals surface area contributed by atoms with Crippen LogP contribution in [0, 0.1) is 31.6 Å². The van der Waals surface area contributed by atoms with Crippen molar-refractivity contribution in [2.45, 2.75) is 77.0 Å². The second kappa shape index (κ2) is 7.43. The number of carbonyl (C=O) groups excluding carboxylic acids is 1. The Morgan fingerprint density at radius 3 is 2.41 bits per heavy atom. The van der Waals surface area contributed by atoms with E-state index in [-0.39, 0.29) is 14.3 Å². The zero-order chi connectivity index (χ0) is 20.0. The maximum atomic E-state index is 11.7. The van der Waals surface area contributed by atoms with Gasteiger partial charge in [0.15, 0.2) is 0 Å². The standard InChI is InChI=1S/C25H31AtO/c1-7-19(23(26)27)9-8-18(4)25(12-13-25)21-15-22-20(14-17(21)3)16(2)10-11-24(22,5)6/h7-9,14-16H,1,10-13H2,2-6H3/b18-8+,19-9+. The van der Waals surface area contributed by atoms with Gasteiger partial charge in [-0.2, -0.15) is 0 Å². The molecule has 1 nitrogen and oxygen atoms in total. The number of hydrogen-bond acceptors (Lipinski definition) is 1. The molecule has 0 radical (unpaired) electrons. The first-order valence-electron chi connectivity index (χ1n) is 9.99. The molecule has 1 aromatic carbocycles. The van der Waals surface area contributed by atoms with Crippen molar-refractivity contribution in [3.05, 3.63) is 70.3 Å². The summed E-state index contributed by atoms with van der Waals surface area (Å²) in [7, 11) is 0. The number of aryl methyl sites for hydroxylation is 1. The fourth-order valence-electron chi connectivity index (χ4n) is 4.70. The van der Waals surface area contributed by atoms with Crippen molar-refractivity contribution >= 4 is 3.49 Å². The van der Waals surface area contributed by atoms with E-state index in [2.05, 4.69) is 59.4 Å². The molecular weight excluding hydrogens is 526 g/mol. The fourth-order valence-corrected chi connectivity index (χ4v) is 5.24. The quantitative estimate of drug-likeness (QED) is 0.305. The van der Waals surface area contributed by atoms with Gasteiger partial charge in [-0.05, 0) is 0 Å². The van der Waals surface area contributed by atoms with Crippen LogP contribution < -0.4 is 0 Å². The Hall–Kier alpha value is -1.01. The van der Waals surface area contributed by atoms with Crippen LogP contribution >= 0.6 is 0 Å². The minimum atomic E-state index is 0.125. The van der Waals surface area contributed by atoms with E-state index in [1.807, 2.05) is 6.08 Å². The number of rotatable bonds is 5. The predicted octanol–water partition coefficient (Wildman–Crippen LogP) is 6.34. The van der Waals surface area contributed by atoms with Crippen molar-refractivity contribution in [1.29, 1.82) is 0 Å². The molecule has 0 N–H and O–H groups in total. The second-order valence-electron chi connectivity index (χ2n) is 9.11. The van der Waals surface area contributed by atoms with Gasteiger partial charge >= 0.3 is 180 Å². The van der Waals surface area contributed by atoms with Gasteiger partial charge in [0, 0.05) is 0 Å². The van der Waals surface area contributed by atoms with Crippen LogP contribution in [-0.4, -0.2) is 3.49 Å². The third-order valence-electron chi connectivity index (χ3n) is 6.84. The van der Waals surface area contributed by atoms with Gasteiger partial charge in [-0.3, -0.25) is 0 Å². The van der Waals surface area contributed by atoms with Crippen molar-refractivity contribution in [3.63, 3.8) is 0 Å². The summed E-state index contributed by atoms with van der Waals surface area (Å²) in [6, 6.07) is 4.99. The maximum absolute atomic E-state index is 11.7. The summed E-state index contributed by atoms with van der Waals surface area (Å²) in [5, 5.41) is 0. The van der Waals surface area contributed by atoms with Crippen molar-refractivity contribution in [2.24, 2.45) is 0 Å². The molecule has 0 spiro atoms. The average molecular weight is 558 g/mol. The summed E-state index contributed by atoms with van der Waals surface area (Å²) >= 11 is 1.17. The van der Waals surface area contributed by atoms with Crippen molar-refractivity contribution in [3.8, 4) is 0 Å². The zero-order valence-corrected chi connectivity index (χ0v) is 20.2. The van der Waals surface area contributed by atoms with Gasteiger partial charge in [0.25, 0.3) is 0 Å². The van der Waals surface area contributed by atoms with E-state index in [1.165, 1.54) is 67.1 Å². The summed E-state index contributed by atoms with van der Waals surface area (Å²) in [5.74, 6) is 0.655. The van der Waals surface area contributed by atoms with Crippen LogP contribution in [0.2, 0.25) is 0 Å². The molecule has 3 rings (SSSR count). The Labute approximate surface area is 179 Å². The van der Waals surface area contributed by atoms with Gasteiger partial charge in [-0.1, -0.05) is 0 Å². The Morgan fingerprint density at radius 2 is 1.85 bits per heavy atom. The molecule has 0 heterocycles. The van der Waals surface area contributed by atoms with Gasteiger partial charge in [-0.25, -0.2) is 0 Å². The molecule has 0 bridgehead atoms. The van der Waals surface area contributed by atoms with E-state index in [0.29, 0.717) is 11.5 Å². The number of fused-ring (bicyclic) bond motifs is 1. The normalized spacial score (nSPS) is 23.6. The molecule has 1 fully saturated rings. The molecule has 0 aliphatic heterocycles. The summed E-state index contributed by atoms with van der Waals surface area (Å²) in [4.78, 5) is 11.7. The zero-order valence-electron chi connectivity index (χ0n) is 17.3. The number of hydrogen-bond donors (Lipinski definition) is 0. The van der Waals surface area contributed by atoms with Crippen molar-refractivity contribution in [2.75, 3.05) is 0 Å². The molecule has 0 saturated heterocycles. The van der Waals surface area contributed by atoms with Crippen LogP contribution in [0.1, 0.15) is 81.5 Å². The summed E-state index contributed by atoms with van der Waals surface area (Å²) in [6.07, 6.45) is 10.7. The summed E-state index contributed by atoms with van der Waals surface area (Å²) in [6.45, 7) is 15.4. The SMILES string of the molecule is C=C/C(=C\C=C(/C)C1(c2cc3c(cc2C)C(C)CCC3(C)C)CC1)C(=O)[At]. The van der Waals surface area contributed by atoms with Crippen LogP contribution in [0.4, 0.5) is 0 Å². The Kier molecular flexibility index (Phi) is 5.71. The molecule has 2 aliphatic carbocycles. The number of allylic oxidation sites excluding steroid dienone is 5. The number of carbonyl (C=O) groups is 1. The first-order valence-corrected chi connectivity index (χ1v) is 11.5. The van der Waals surface area contributed by atoms with Gasteiger partial charge in [0.1, 0.15) is 0 Å². The van der Waals surface area contributed by atoms with Gasteiger partial charge < -0.3 is 0 Å². The van der Waals surface area contributed by atoms with Crippen molar-refractivity contribution in [1.82, 2.24) is 0 Å². The van der Waals surface area contributed by atoms with E-state index in [9.17, 15) is 4.79 Å². The molecule has 1 saturated carbocycles. The first-order chi connectivity index (χ1) is 12.6. The van der Waals surface area contributed by atoms with Crippen LogP contribution in [0.3, 0.4) is 0 Å². The van der Waals surface area contributed by atoms with E-state index in [4.69, 9.17) is 0 Å². The Bertz CT molecular complexity index is 849. The fraction of sp³-hybridized carbons (Fsp3) is 0.480. The molecule has 1 unspecified atom stereocenters. The second-order valence-corrected chi connectivity index (χ2v) is 10.4. The van der Waals surface area contributed by atoms with Crippen LogP contribution in [0.5, 0.6) is 0 Å². The summed E-state index contributed by atoms with van der Waals surface area (Å²) < 4.78 is 0.125. The molecule has 144 valence electrons. The molecule has 0 aromatic heterocycles. The van der Waals surface area contributed by atoms with Crippen molar-refractivity contribution < 1.29 is 29.5 Å². The molecule has 27 heavy (non-hydrogen) atoms. The summed E-state index contributed by atoms with van der Waals surface area (Å²) in [5.41, 5.74) is 8.50. The van der Waals surface area contributed by atoms with Crippen LogP contribution in [-0.2, 0) is 15.6 Å². The first kappa shape index (κ1) is 20.7. The molecule has 1 aromatic rings. The molecule has 2 aliphatic rings. The van der Waals surface area contributed by atoms with E-state index in [0.717, 1.165) is 0 Å². The van der Waals surface area contributed by atoms with E-state index >= 15 is 0 Å². The molecule has 2 heteroatoms. The third kappa shape index (κ3) is 3.80. The molecule has 0 amide bonds. The van der Waals surface area contributed by atoms with Gasteiger partial charge in [0.05, 0.1) is 0 Å². The number of benzene rings is 1. The minimum absolute atomic E-state index is 0.125. The van der Waals surface area contributed by atoms with Gasteiger partial charge in [0.2, 0.25) is 0 Å². The Morgan fingerprint density at radius 1 is 1.19 bits per heavy atom. The Balaban J connectivity index is 2.06. The monoisotopic (exact) mass is 557 g/mol. The van der Waals surface area contributed by atoms with Crippen LogP contribution in [0.15, 0.2) is 48.1 Å². The molecular formula is C25H31AtO. The molecule has 1 atom stereocenters. The topological polar surface area (TPSA) is 17.1 Å². The van der Waals surface area contributed by atoms with Crippen LogP contribution in [0.25, 0.3) is 0 Å². The third-order valence-corrected chi connectivity index (χ3v) is 7.69. The predicted molar refractivity (Wildman–Crippen MR) is 110 cm³/mol. The van der Waals surface area contributed by atoms with E-state index in [1.54, 1.807) is 17.2 Å². The van der Waals surface area contributed by atoms with E-state index < -0.39 is 0 Å².